The molecule has 17 nitrogen and oxygen atoms in total. The monoisotopic (exact) mass is 592 g/mol. The highest BCUT2D eigenvalue weighted by molar-refractivity contribution is 7.79. The first kappa shape index (κ1) is 37.8. The van der Waals surface area contributed by atoms with E-state index in [4.69, 9.17) is 43.9 Å². The fourth-order valence-electron chi connectivity index (χ4n) is 2.52. The van der Waals surface area contributed by atoms with Crippen molar-refractivity contribution in [1.82, 2.24) is 0 Å². The molecule has 2 rings (SSSR count). The standard InChI is InChI=1S/C11H14N2O4.C9H10N2O4.C2H6O.H2O4S/c1-3-17-11(14)7(2)8-4-5-9(12)10(6-8)13(15)16;1-5(9(12)13)6-2-3-7(10)8(4-6)11(14)15;1-2-3;1-5(2,3)4/h4-7H,3,12H2,1-2H3;2-5H,10H2,1H3,(H,12,13);3H,2H2,1H3;(H2,1,2,3,4). The van der Waals surface area contributed by atoms with Crippen LogP contribution in [0.25, 0.3) is 0 Å². The minimum atomic E-state index is -4.67. The Labute approximate surface area is 229 Å². The third kappa shape index (κ3) is 15.1. The van der Waals surface area contributed by atoms with Gasteiger partial charge in [-0.2, -0.15) is 8.42 Å². The Hall–Kier alpha value is -4.39. The summed E-state index contributed by atoms with van der Waals surface area (Å²) < 4.78 is 36.4. The molecule has 0 heterocycles. The zero-order chi connectivity index (χ0) is 31.8. The number of carbonyl (C=O) groups is 2. The molecule has 2 aromatic carbocycles. The van der Waals surface area contributed by atoms with Gasteiger partial charge in [-0.1, -0.05) is 12.1 Å². The van der Waals surface area contributed by atoms with Gasteiger partial charge in [0.25, 0.3) is 11.4 Å². The van der Waals surface area contributed by atoms with Gasteiger partial charge in [-0.25, -0.2) is 0 Å². The van der Waals surface area contributed by atoms with E-state index in [0.717, 1.165) is 0 Å². The molecule has 40 heavy (non-hydrogen) atoms. The van der Waals surface area contributed by atoms with Gasteiger partial charge in [0, 0.05) is 18.7 Å². The summed E-state index contributed by atoms with van der Waals surface area (Å²) in [6.45, 7) is 7.00. The van der Waals surface area contributed by atoms with Gasteiger partial charge < -0.3 is 26.4 Å². The largest absolute Gasteiger partial charge is 0.481 e. The van der Waals surface area contributed by atoms with Crippen LogP contribution in [-0.2, 0) is 24.7 Å². The Bertz CT molecular complexity index is 1260. The molecular weight excluding hydrogens is 560 g/mol. The number of nitrogens with zero attached hydrogens (tertiary/aromatic N) is 2. The summed E-state index contributed by atoms with van der Waals surface area (Å²) in [4.78, 5) is 42.2. The number of carboxylic acids is 1. The lowest BCUT2D eigenvalue weighted by molar-refractivity contribution is -0.384. The topological polar surface area (TPSA) is 297 Å². The highest BCUT2D eigenvalue weighted by Gasteiger charge is 2.21. The van der Waals surface area contributed by atoms with Crippen molar-refractivity contribution < 1.29 is 51.9 Å². The number of aliphatic hydroxyl groups is 1. The van der Waals surface area contributed by atoms with E-state index < -0.39 is 44.0 Å². The number of ether oxygens (including phenoxy) is 1. The van der Waals surface area contributed by atoms with E-state index in [0.29, 0.717) is 11.1 Å². The van der Waals surface area contributed by atoms with Crippen LogP contribution in [0.5, 0.6) is 0 Å². The number of hydrogen-bond acceptors (Lipinski definition) is 12. The van der Waals surface area contributed by atoms with Crippen molar-refractivity contribution in [3.8, 4) is 0 Å². The van der Waals surface area contributed by atoms with Crippen LogP contribution in [0.4, 0.5) is 22.7 Å². The number of rotatable bonds is 7. The Morgan fingerprint density at radius 3 is 1.50 bits per heavy atom. The van der Waals surface area contributed by atoms with Gasteiger partial charge in [-0.3, -0.25) is 38.9 Å². The summed E-state index contributed by atoms with van der Waals surface area (Å²) in [5, 5.41) is 37.5. The Kier molecular flexibility index (Phi) is 17.0. The smallest absolute Gasteiger partial charge is 0.394 e. The summed E-state index contributed by atoms with van der Waals surface area (Å²) in [6.07, 6.45) is 0. The van der Waals surface area contributed by atoms with Crippen LogP contribution < -0.4 is 11.5 Å². The van der Waals surface area contributed by atoms with Crippen molar-refractivity contribution in [3.05, 3.63) is 67.8 Å². The molecule has 0 aliphatic rings. The number of anilines is 2. The number of nitrogen functional groups attached to an aromatic ring is 2. The molecule has 2 aromatic rings. The quantitative estimate of drug-likeness (QED) is 0.0884. The van der Waals surface area contributed by atoms with Crippen LogP contribution >= 0.6 is 0 Å². The van der Waals surface area contributed by atoms with E-state index in [-0.39, 0.29) is 36.0 Å². The molecule has 0 saturated heterocycles. The predicted octanol–water partition coefficient (Wildman–Crippen LogP) is 2.55. The summed E-state index contributed by atoms with van der Waals surface area (Å²) in [5.41, 5.74) is 11.4. The number of nitro groups is 2. The van der Waals surface area contributed by atoms with E-state index in [1.165, 1.54) is 37.3 Å². The number of carbonyl (C=O) groups excluding carboxylic acids is 1. The van der Waals surface area contributed by atoms with Crippen LogP contribution in [0.1, 0.15) is 50.7 Å². The number of benzene rings is 2. The molecule has 224 valence electrons. The second-order valence-electron chi connectivity index (χ2n) is 7.45. The molecule has 0 aliphatic carbocycles. The lowest BCUT2D eigenvalue weighted by Gasteiger charge is -2.10. The van der Waals surface area contributed by atoms with E-state index in [9.17, 15) is 29.8 Å². The number of hydrogen-bond donors (Lipinski definition) is 6. The van der Waals surface area contributed by atoms with Crippen molar-refractivity contribution in [1.29, 1.82) is 0 Å². The molecule has 2 atom stereocenters. The summed E-state index contributed by atoms with van der Waals surface area (Å²) in [6, 6.07) is 8.31. The van der Waals surface area contributed by atoms with Gasteiger partial charge in [-0.05, 0) is 51.0 Å². The number of carboxylic acid groups (broad SMARTS) is 1. The maximum atomic E-state index is 11.5. The average Bonchev–Trinajstić information content (AvgIpc) is 2.83. The second kappa shape index (κ2) is 18.0. The fourth-order valence-corrected chi connectivity index (χ4v) is 2.52. The Morgan fingerprint density at radius 1 is 0.900 bits per heavy atom. The number of aliphatic hydroxyl groups excluding tert-OH is 1. The van der Waals surface area contributed by atoms with Gasteiger partial charge in [0.05, 0.1) is 28.3 Å². The molecule has 0 saturated carbocycles. The SMILES string of the molecule is CC(C(=O)O)c1ccc(N)c([N+](=O)[O-])c1.CCO.CCOC(=O)C(C)c1ccc(N)c([N+](=O)[O-])c1.O=S(=O)(O)O. The minimum Gasteiger partial charge on any atom is -0.481 e. The van der Waals surface area contributed by atoms with Gasteiger partial charge >= 0.3 is 22.3 Å². The van der Waals surface area contributed by atoms with Crippen molar-refractivity contribution in [2.24, 2.45) is 0 Å². The van der Waals surface area contributed by atoms with Crippen LogP contribution in [0.15, 0.2) is 36.4 Å². The molecule has 0 spiro atoms. The molecule has 0 amide bonds. The van der Waals surface area contributed by atoms with E-state index in [1.807, 2.05) is 0 Å². The molecule has 8 N–H and O–H groups in total. The first-order chi connectivity index (χ1) is 18.3. The maximum Gasteiger partial charge on any atom is 0.394 e. The lowest BCUT2D eigenvalue weighted by Crippen LogP contribution is -2.13. The van der Waals surface area contributed by atoms with Gasteiger partial charge in [0.15, 0.2) is 0 Å². The predicted molar refractivity (Wildman–Crippen MR) is 143 cm³/mol. The first-order valence-corrected chi connectivity index (χ1v) is 12.5. The van der Waals surface area contributed by atoms with Crippen LogP contribution in [0, 0.1) is 20.2 Å². The van der Waals surface area contributed by atoms with Crippen molar-refractivity contribution in [2.75, 3.05) is 24.7 Å². The zero-order valence-electron chi connectivity index (χ0n) is 22.0. The van der Waals surface area contributed by atoms with E-state index >= 15 is 0 Å². The van der Waals surface area contributed by atoms with Gasteiger partial charge in [0.2, 0.25) is 0 Å². The number of aliphatic carboxylic acids is 1. The first-order valence-electron chi connectivity index (χ1n) is 11.1. The third-order valence-corrected chi connectivity index (χ3v) is 4.51. The van der Waals surface area contributed by atoms with E-state index in [1.54, 1.807) is 26.8 Å². The fraction of sp³-hybridized carbons (Fsp3) is 0.364. The van der Waals surface area contributed by atoms with Gasteiger partial charge in [-0.15, -0.1) is 0 Å². The molecule has 0 aromatic heterocycles. The Morgan fingerprint density at radius 2 is 1.23 bits per heavy atom. The highest BCUT2D eigenvalue weighted by Crippen LogP contribution is 2.27. The highest BCUT2D eigenvalue weighted by atomic mass is 32.3. The molecule has 0 aliphatic heterocycles. The normalized spacial score (nSPS) is 11.5. The molecular formula is C22H32N4O13S. The van der Waals surface area contributed by atoms with Gasteiger partial charge in [0.1, 0.15) is 11.4 Å². The molecule has 0 radical (unpaired) electrons. The summed E-state index contributed by atoms with van der Waals surface area (Å²) >= 11 is 0. The molecule has 0 fully saturated rings. The number of esters is 1. The second-order valence-corrected chi connectivity index (χ2v) is 8.34. The van der Waals surface area contributed by atoms with Crippen molar-refractivity contribution >= 4 is 45.1 Å². The molecule has 2 unspecified atom stereocenters. The minimum absolute atomic E-state index is 0.0290. The maximum absolute atomic E-state index is 11.5. The van der Waals surface area contributed by atoms with Crippen LogP contribution in [0.3, 0.4) is 0 Å². The Balaban J connectivity index is 0. The van der Waals surface area contributed by atoms with Crippen LogP contribution in [-0.4, -0.2) is 62.7 Å². The summed E-state index contributed by atoms with van der Waals surface area (Å²) in [7, 11) is -4.67. The van der Waals surface area contributed by atoms with Crippen LogP contribution in [0.2, 0.25) is 0 Å². The van der Waals surface area contributed by atoms with Crippen molar-refractivity contribution in [3.63, 3.8) is 0 Å². The zero-order valence-corrected chi connectivity index (χ0v) is 22.8. The average molecular weight is 593 g/mol. The molecule has 0 bridgehead atoms. The number of nitrogens with two attached hydrogens (primary N) is 2. The summed E-state index contributed by atoms with van der Waals surface area (Å²) in [5.74, 6) is -2.78. The third-order valence-electron chi connectivity index (χ3n) is 4.51. The lowest BCUT2D eigenvalue weighted by atomic mass is 10.0. The van der Waals surface area contributed by atoms with Crippen molar-refractivity contribution in [2.45, 2.75) is 39.5 Å². The molecule has 18 heteroatoms. The van der Waals surface area contributed by atoms with E-state index in [2.05, 4.69) is 0 Å². The number of nitro benzene ring substituents is 2.